The maximum Gasteiger partial charge on any atom is 0 e. The Kier molecular flexibility index (Phi) is 22.3. The molecule has 0 amide bonds. The molecule has 0 aliphatic heterocycles. The monoisotopic (exact) mass is 349 g/mol. The Balaban J connectivity index is 0. The predicted octanol–water partition coefficient (Wildman–Crippen LogP) is 0.571. The van der Waals surface area contributed by atoms with E-state index < -0.39 is 30.5 Å². The first kappa shape index (κ1) is 9.76. The fraction of sp³-hybridized carbons (Fsp3) is 0. The van der Waals surface area contributed by atoms with Crippen molar-refractivity contribution in [1.82, 2.24) is 0 Å². The molecule has 0 saturated heterocycles. The zero-order chi connectivity index (χ0) is 2.71. The van der Waals surface area contributed by atoms with Crippen LogP contribution in [0.5, 0.6) is 0 Å². The van der Waals surface area contributed by atoms with E-state index in [2.05, 4.69) is 6.79 Å². The van der Waals surface area contributed by atoms with Crippen LogP contribution in [0.25, 0.3) is 0 Å². The summed E-state index contributed by atoms with van der Waals surface area (Å²) in [5.74, 6) is 0. The molecule has 25 valence electrons. The van der Waals surface area contributed by atoms with Crippen LogP contribution in [0.1, 0.15) is 0 Å². The minimum absolute atomic E-state index is 0. The fourth-order valence-electron chi connectivity index (χ4n) is 0. The maximum absolute atomic E-state index is 8.90. The van der Waals surface area contributed by atoms with Gasteiger partial charge < -0.3 is 0 Å². The third kappa shape index (κ3) is 8.82. The normalized spacial score (nSPS) is 2.25. The maximum atomic E-state index is 8.90. The van der Waals surface area contributed by atoms with E-state index in [1.54, 1.807) is 0 Å². The number of halogens is 1. The Bertz CT molecular complexity index is 15.5. The van der Waals surface area contributed by atoms with Crippen LogP contribution >= 0.6 is 6.79 Å². The van der Waals surface area contributed by atoms with Crippen molar-refractivity contribution in [2.75, 3.05) is 0 Å². The Morgan fingerprint density at radius 1 is 1.75 bits per heavy atom. The van der Waals surface area contributed by atoms with Crippen molar-refractivity contribution in [2.24, 2.45) is 0 Å². The first-order valence-corrected chi connectivity index (χ1v) is 6.48. The molecule has 0 aliphatic carbocycles. The average Bonchev–Trinajstić information content (AvgIpc) is 0.918. The Hall–Kier alpha value is 2.57. The van der Waals surface area contributed by atoms with Gasteiger partial charge >= 0.3 is 39.0 Å². The number of rotatable bonds is 0. The second-order valence-corrected chi connectivity index (χ2v) is 1.95. The van der Waals surface area contributed by atoms with Gasteiger partial charge in [0.05, 0.1) is 0 Å². The van der Waals surface area contributed by atoms with Crippen LogP contribution in [0, 0.1) is 69.1 Å². The van der Waals surface area contributed by atoms with E-state index in [4.69, 9.17) is 1.70 Å². The van der Waals surface area contributed by atoms with E-state index in [1.165, 1.54) is 0 Å². The summed E-state index contributed by atoms with van der Waals surface area (Å²) in [6.45, 7) is 4.65. The quantitative estimate of drug-likeness (QED) is 0.625. The van der Waals surface area contributed by atoms with Crippen molar-refractivity contribution in [3.63, 3.8) is 0 Å². The van der Waals surface area contributed by atoms with Crippen LogP contribution in [0.4, 0.5) is 0 Å². The zero-order valence-corrected chi connectivity index (χ0v) is 8.22. The summed E-state index contributed by atoms with van der Waals surface area (Å²) in [6, 6.07) is 0. The van der Waals surface area contributed by atoms with Crippen molar-refractivity contribution in [3.05, 3.63) is 0 Å². The summed E-state index contributed by atoms with van der Waals surface area (Å²) in [4.78, 5) is 0. The third-order valence-corrected chi connectivity index (χ3v) is 0. The topological polar surface area (TPSA) is 17.1 Å². The van der Waals surface area contributed by atoms with Crippen LogP contribution < -0.4 is 0 Å². The molecule has 0 aliphatic rings. The van der Waals surface area contributed by atoms with E-state index in [9.17, 15) is 0 Å². The van der Waals surface area contributed by atoms with Crippen molar-refractivity contribution in [2.45, 2.75) is 0 Å². The van der Waals surface area contributed by atoms with Gasteiger partial charge in [-0.1, -0.05) is 0 Å². The van der Waals surface area contributed by atoms with Gasteiger partial charge in [0.2, 0.25) is 0 Å². The van der Waals surface area contributed by atoms with Gasteiger partial charge in [-0.3, -0.25) is 0 Å². The summed E-state index contributed by atoms with van der Waals surface area (Å²) < 4.78 is 8.90. The summed E-state index contributed by atoms with van der Waals surface area (Å²) >= 11 is -1.78. The molecule has 0 heterocycles. The largest absolute Gasteiger partial charge is 0 e. The van der Waals surface area contributed by atoms with Gasteiger partial charge in [0.15, 0.2) is 0 Å². The molecular formula is ClLaOTb. The third-order valence-electron chi connectivity index (χ3n) is 0. The summed E-state index contributed by atoms with van der Waals surface area (Å²) in [7, 11) is 0. The molecule has 0 aromatic heterocycles. The van der Waals surface area contributed by atoms with Gasteiger partial charge in [-0.15, -0.1) is 0 Å². The van der Waals surface area contributed by atoms with E-state index in [0.29, 0.717) is 0 Å². The van der Waals surface area contributed by atoms with Gasteiger partial charge in [-0.25, -0.2) is 0 Å². The van der Waals surface area contributed by atoms with E-state index in [-0.39, 0.29) is 38.6 Å². The number of hydrogen-bond donors (Lipinski definition) is 0. The average molecular weight is 349 g/mol. The van der Waals surface area contributed by atoms with Crippen LogP contribution in [-0.2, 0) is 1.70 Å². The predicted molar refractivity (Wildman–Crippen MR) is 6.54 cm³/mol. The molecule has 0 spiro atoms. The minimum Gasteiger partial charge on any atom is 0 e. The zero-order valence-electron chi connectivity index (χ0n) is 1.70. The molecule has 0 bridgehead atoms. The van der Waals surface area contributed by atoms with Crippen LogP contribution in [0.3, 0.4) is 0 Å². The van der Waals surface area contributed by atoms with Crippen LogP contribution in [0.15, 0.2) is 0 Å². The first-order valence-electron chi connectivity index (χ1n) is 0.454. The Labute approximate surface area is 75.5 Å². The molecule has 0 N–H and O–H groups in total. The fourth-order valence-corrected chi connectivity index (χ4v) is 0. The van der Waals surface area contributed by atoms with Crippen LogP contribution in [-0.4, -0.2) is 0 Å². The molecule has 4 heteroatoms. The molecule has 0 fully saturated rings. The van der Waals surface area contributed by atoms with Crippen molar-refractivity contribution in [3.8, 4) is 0 Å². The van der Waals surface area contributed by atoms with Crippen molar-refractivity contribution < 1.29 is 70.8 Å². The summed E-state index contributed by atoms with van der Waals surface area (Å²) in [5, 5.41) is 0. The Morgan fingerprint density at radius 3 is 1.75 bits per heavy atom. The van der Waals surface area contributed by atoms with Gasteiger partial charge in [-0.05, 0) is 0 Å². The molecule has 1 nitrogen and oxygen atoms in total. The number of hydrogen-bond acceptors (Lipinski definition) is 1. The van der Waals surface area contributed by atoms with E-state index >= 15 is 0 Å². The van der Waals surface area contributed by atoms with Crippen LogP contribution in [0.2, 0.25) is 0 Å². The van der Waals surface area contributed by atoms with E-state index in [0.717, 1.165) is 0 Å². The van der Waals surface area contributed by atoms with Crippen molar-refractivity contribution in [1.29, 1.82) is 0 Å². The molecule has 0 aromatic carbocycles. The second-order valence-electron chi connectivity index (χ2n) is 0.0891. The van der Waals surface area contributed by atoms with Gasteiger partial charge in [0.25, 0.3) is 0 Å². The summed E-state index contributed by atoms with van der Waals surface area (Å²) in [5.41, 5.74) is 0. The van der Waals surface area contributed by atoms with Crippen molar-refractivity contribution >= 4 is 6.79 Å². The molecule has 0 unspecified atom stereocenters. The summed E-state index contributed by atoms with van der Waals surface area (Å²) in [6.07, 6.45) is 0. The molecular weight excluding hydrogens is 349 g/mol. The minimum atomic E-state index is -1.78. The molecule has 0 atom stereocenters. The smallest absolute Gasteiger partial charge is 0 e. The SMILES string of the molecule is [O]=[La][Cl].[Tb]. The molecule has 0 saturated carbocycles. The van der Waals surface area contributed by atoms with Gasteiger partial charge in [0.1, 0.15) is 0 Å². The van der Waals surface area contributed by atoms with Gasteiger partial charge in [-0.2, -0.15) is 0 Å². The molecule has 0 aromatic rings. The van der Waals surface area contributed by atoms with Gasteiger partial charge in [0, 0.05) is 38.6 Å². The first-order chi connectivity index (χ1) is 1.41. The molecule has 0 rings (SSSR count). The van der Waals surface area contributed by atoms with E-state index in [1.807, 2.05) is 0 Å². The second kappa shape index (κ2) is 9.13. The molecule has 1 radical (unpaired) electrons. The Morgan fingerprint density at radius 2 is 1.75 bits per heavy atom. The standard InChI is InChI=1S/ClH.La.O.Tb/h1H;;;/q;+1;;/p-1. The molecule has 4 heavy (non-hydrogen) atoms.